The fourth-order valence-corrected chi connectivity index (χ4v) is 4.12. The monoisotopic (exact) mass is 445 g/mol. The summed E-state index contributed by atoms with van der Waals surface area (Å²) in [5.41, 5.74) is 2.12. The van der Waals surface area contributed by atoms with Crippen molar-refractivity contribution in [3.8, 4) is 0 Å². The lowest BCUT2D eigenvalue weighted by molar-refractivity contribution is -0.145. The molecule has 7 nitrogen and oxygen atoms in total. The van der Waals surface area contributed by atoms with Crippen molar-refractivity contribution in [2.24, 2.45) is 0 Å². The van der Waals surface area contributed by atoms with E-state index in [1.807, 2.05) is 54.6 Å². The lowest BCUT2D eigenvalue weighted by Crippen LogP contribution is -2.36. The molecule has 0 bridgehead atoms. The Bertz CT molecular complexity index is 1170. The second-order valence-corrected chi connectivity index (χ2v) is 7.88. The Labute approximate surface area is 192 Å². The van der Waals surface area contributed by atoms with Crippen LogP contribution in [0.1, 0.15) is 31.4 Å². The number of esters is 1. The number of hydrogen-bond acceptors (Lipinski definition) is 5. The van der Waals surface area contributed by atoms with Crippen LogP contribution in [0.15, 0.2) is 66.7 Å². The van der Waals surface area contributed by atoms with Gasteiger partial charge in [0.05, 0.1) is 13.2 Å². The summed E-state index contributed by atoms with van der Waals surface area (Å²) in [4.78, 5) is 39.2. The van der Waals surface area contributed by atoms with Crippen LogP contribution in [0.5, 0.6) is 0 Å². The maximum absolute atomic E-state index is 12.7. The highest BCUT2D eigenvalue weighted by atomic mass is 16.5. The summed E-state index contributed by atoms with van der Waals surface area (Å²) in [6, 6.07) is 20.0. The summed E-state index contributed by atoms with van der Waals surface area (Å²) in [5, 5.41) is 7.83. The molecule has 7 heteroatoms. The Morgan fingerprint density at radius 1 is 1.06 bits per heavy atom. The third-order valence-corrected chi connectivity index (χ3v) is 5.64. The van der Waals surface area contributed by atoms with Crippen LogP contribution in [-0.4, -0.2) is 37.5 Å². The van der Waals surface area contributed by atoms with Crippen molar-refractivity contribution in [1.82, 2.24) is 5.32 Å². The van der Waals surface area contributed by atoms with Crippen molar-refractivity contribution in [2.75, 3.05) is 29.9 Å². The van der Waals surface area contributed by atoms with Gasteiger partial charge in [-0.15, -0.1) is 0 Å². The molecule has 3 aromatic rings. The van der Waals surface area contributed by atoms with Crippen LogP contribution in [0.4, 0.5) is 11.4 Å². The van der Waals surface area contributed by atoms with Crippen LogP contribution in [-0.2, 0) is 19.1 Å². The van der Waals surface area contributed by atoms with E-state index in [9.17, 15) is 14.4 Å². The number of benzene rings is 3. The lowest BCUT2D eigenvalue weighted by atomic mass is 9.98. The minimum atomic E-state index is -0.782. The maximum Gasteiger partial charge on any atom is 0.327 e. The fourth-order valence-electron chi connectivity index (χ4n) is 4.12. The molecule has 0 unspecified atom stereocenters. The highest BCUT2D eigenvalue weighted by Crippen LogP contribution is 2.26. The Kier molecular flexibility index (Phi) is 7.00. The minimum absolute atomic E-state index is 0.0838. The van der Waals surface area contributed by atoms with Gasteiger partial charge >= 0.3 is 5.97 Å². The zero-order chi connectivity index (χ0) is 23.2. The number of carbonyl (C=O) groups is 3. The molecule has 0 saturated carbocycles. The summed E-state index contributed by atoms with van der Waals surface area (Å²) >= 11 is 0. The van der Waals surface area contributed by atoms with Crippen LogP contribution >= 0.6 is 0 Å². The van der Waals surface area contributed by atoms with Crippen molar-refractivity contribution < 1.29 is 19.1 Å². The van der Waals surface area contributed by atoms with Crippen molar-refractivity contribution in [3.05, 3.63) is 72.3 Å². The van der Waals surface area contributed by atoms with Crippen LogP contribution in [0, 0.1) is 0 Å². The number of fused-ring (bicyclic) bond motifs is 1. The van der Waals surface area contributed by atoms with E-state index in [4.69, 9.17) is 4.74 Å². The van der Waals surface area contributed by atoms with Gasteiger partial charge in [-0.05, 0) is 47.9 Å². The molecule has 1 heterocycles. The molecule has 3 aromatic carbocycles. The van der Waals surface area contributed by atoms with Gasteiger partial charge in [-0.1, -0.05) is 48.5 Å². The molecule has 33 heavy (non-hydrogen) atoms. The Hall–Kier alpha value is -3.71. The van der Waals surface area contributed by atoms with E-state index in [-0.39, 0.29) is 25.0 Å². The molecule has 2 amide bonds. The van der Waals surface area contributed by atoms with Crippen LogP contribution in [0.25, 0.3) is 10.8 Å². The highest BCUT2D eigenvalue weighted by Gasteiger charge is 2.25. The first-order valence-electron chi connectivity index (χ1n) is 11.1. The Balaban J connectivity index is 1.47. The summed E-state index contributed by atoms with van der Waals surface area (Å²) in [5.74, 6) is -0.641. The van der Waals surface area contributed by atoms with E-state index in [0.717, 1.165) is 28.4 Å². The number of ether oxygens (including phenoxy) is 1. The predicted molar refractivity (Wildman–Crippen MR) is 128 cm³/mol. The van der Waals surface area contributed by atoms with Gasteiger partial charge in [0.15, 0.2) is 0 Å². The van der Waals surface area contributed by atoms with Crippen molar-refractivity contribution in [1.29, 1.82) is 0 Å². The van der Waals surface area contributed by atoms with Crippen molar-refractivity contribution in [2.45, 2.75) is 25.8 Å². The Morgan fingerprint density at radius 2 is 1.85 bits per heavy atom. The first-order valence-corrected chi connectivity index (χ1v) is 11.1. The molecular weight excluding hydrogens is 418 g/mol. The quantitative estimate of drug-likeness (QED) is 0.515. The summed E-state index contributed by atoms with van der Waals surface area (Å²) in [7, 11) is 0. The van der Waals surface area contributed by atoms with E-state index in [2.05, 4.69) is 10.6 Å². The second-order valence-electron chi connectivity index (χ2n) is 7.88. The van der Waals surface area contributed by atoms with Crippen molar-refractivity contribution >= 4 is 39.9 Å². The van der Waals surface area contributed by atoms with Crippen molar-refractivity contribution in [3.63, 3.8) is 0 Å². The average Bonchev–Trinajstić information content (AvgIpc) is 3.25. The number of nitrogens with zero attached hydrogens (tertiary/aromatic N) is 1. The normalized spacial score (nSPS) is 14.3. The van der Waals surface area contributed by atoms with Gasteiger partial charge in [-0.25, -0.2) is 4.79 Å². The molecule has 0 aromatic heterocycles. The molecule has 0 radical (unpaired) electrons. The van der Waals surface area contributed by atoms with Crippen LogP contribution in [0.2, 0.25) is 0 Å². The molecule has 1 aliphatic rings. The molecule has 4 rings (SSSR count). The zero-order valence-corrected chi connectivity index (χ0v) is 18.5. The molecule has 1 aliphatic heterocycles. The van der Waals surface area contributed by atoms with Gasteiger partial charge in [0, 0.05) is 24.3 Å². The highest BCUT2D eigenvalue weighted by molar-refractivity contribution is 5.97. The first kappa shape index (κ1) is 22.5. The molecule has 2 N–H and O–H groups in total. The van der Waals surface area contributed by atoms with Gasteiger partial charge in [0.25, 0.3) is 0 Å². The standard InChI is InChI=1S/C26H27N3O4/c1-2-33-26(32)25(22-13-5-9-18-8-3-4-12-21(18)22)27-17-23(30)28-19-10-6-11-20(16-19)29-15-7-14-24(29)31/h3-6,8-13,16,25,27H,2,7,14-15,17H2,1H3,(H,28,30)/t25-/m1/s1. The number of hydrogen-bond donors (Lipinski definition) is 2. The fraction of sp³-hybridized carbons (Fsp3) is 0.269. The summed E-state index contributed by atoms with van der Waals surface area (Å²) in [6.45, 7) is 2.60. The van der Waals surface area contributed by atoms with Gasteiger partial charge in [-0.3, -0.25) is 14.9 Å². The molecule has 0 spiro atoms. The topological polar surface area (TPSA) is 87.7 Å². The molecule has 0 aliphatic carbocycles. The lowest BCUT2D eigenvalue weighted by Gasteiger charge is -2.20. The molecule has 1 fully saturated rings. The molecule has 1 atom stereocenters. The van der Waals surface area contributed by atoms with Crippen LogP contribution in [0.3, 0.4) is 0 Å². The first-order chi connectivity index (χ1) is 16.1. The van der Waals surface area contributed by atoms with Gasteiger partial charge in [0.2, 0.25) is 11.8 Å². The number of anilines is 2. The number of amides is 2. The summed E-state index contributed by atoms with van der Waals surface area (Å²) in [6.07, 6.45) is 1.38. The SMILES string of the molecule is CCOC(=O)[C@H](NCC(=O)Nc1cccc(N2CCCC2=O)c1)c1cccc2ccccc12. The summed E-state index contributed by atoms with van der Waals surface area (Å²) < 4.78 is 5.27. The predicted octanol–water partition coefficient (Wildman–Crippen LogP) is 3.80. The van der Waals surface area contributed by atoms with E-state index < -0.39 is 12.0 Å². The minimum Gasteiger partial charge on any atom is -0.465 e. The van der Waals surface area contributed by atoms with E-state index in [1.54, 1.807) is 24.0 Å². The third kappa shape index (κ3) is 5.21. The van der Waals surface area contributed by atoms with E-state index in [0.29, 0.717) is 18.7 Å². The molecule has 170 valence electrons. The molecular formula is C26H27N3O4. The van der Waals surface area contributed by atoms with Gasteiger partial charge in [0.1, 0.15) is 6.04 Å². The van der Waals surface area contributed by atoms with Gasteiger partial charge < -0.3 is 15.0 Å². The maximum atomic E-state index is 12.7. The van der Waals surface area contributed by atoms with E-state index in [1.165, 1.54) is 0 Å². The number of carbonyl (C=O) groups excluding carboxylic acids is 3. The van der Waals surface area contributed by atoms with E-state index >= 15 is 0 Å². The largest absolute Gasteiger partial charge is 0.465 e. The number of nitrogens with one attached hydrogen (secondary N) is 2. The average molecular weight is 446 g/mol. The second kappa shape index (κ2) is 10.3. The Morgan fingerprint density at radius 3 is 2.64 bits per heavy atom. The third-order valence-electron chi connectivity index (χ3n) is 5.64. The zero-order valence-electron chi connectivity index (χ0n) is 18.5. The smallest absolute Gasteiger partial charge is 0.327 e. The molecule has 1 saturated heterocycles. The number of rotatable bonds is 8. The van der Waals surface area contributed by atoms with Crippen LogP contribution < -0.4 is 15.5 Å². The van der Waals surface area contributed by atoms with Gasteiger partial charge in [-0.2, -0.15) is 0 Å².